The Kier molecular flexibility index (Phi) is 8.76. The highest BCUT2D eigenvalue weighted by Crippen LogP contribution is 2.39. The van der Waals surface area contributed by atoms with Crippen LogP contribution in [0.3, 0.4) is 0 Å². The summed E-state index contributed by atoms with van der Waals surface area (Å²) in [6, 6.07) is 13.1. The lowest BCUT2D eigenvalue weighted by Gasteiger charge is -2.30. The minimum absolute atomic E-state index is 0.0734. The third-order valence-corrected chi connectivity index (χ3v) is 7.46. The summed E-state index contributed by atoms with van der Waals surface area (Å²) in [6.07, 6.45) is 4.89. The molecule has 0 aromatic heterocycles. The topological polar surface area (TPSA) is 61.6 Å². The number of rotatable bonds is 10. The third-order valence-electron chi connectivity index (χ3n) is 7.46. The summed E-state index contributed by atoms with van der Waals surface area (Å²) in [5.41, 5.74) is 7.51. The van der Waals surface area contributed by atoms with Gasteiger partial charge in [0.1, 0.15) is 17.3 Å². The Balaban J connectivity index is 1.60. The van der Waals surface area contributed by atoms with E-state index in [1.54, 1.807) is 13.2 Å². The van der Waals surface area contributed by atoms with Gasteiger partial charge in [0.15, 0.2) is 0 Å². The van der Waals surface area contributed by atoms with Crippen LogP contribution in [-0.4, -0.2) is 19.6 Å². The van der Waals surface area contributed by atoms with Gasteiger partial charge in [-0.25, -0.2) is 4.39 Å². The standard InChI is InChI=1S/C28H38FNO3/c1-5-18(2)27(19(3)28(30)31)22-7-6-8-24(15-22)33-17-20-9-11-21(12-10-20)25-16-23(32-4)13-14-26(25)29/h6-8,13-16,18-21,27H,5,9-12,17H2,1-4H3,(H2,30,31)/t18?,19-,20?,21?,27+/m0/s1. The Hall–Kier alpha value is -2.56. The van der Waals surface area contributed by atoms with Crippen LogP contribution in [-0.2, 0) is 4.79 Å². The van der Waals surface area contributed by atoms with Gasteiger partial charge in [0.05, 0.1) is 13.7 Å². The summed E-state index contributed by atoms with van der Waals surface area (Å²) in [5, 5.41) is 0. The van der Waals surface area contributed by atoms with Crippen molar-refractivity contribution in [1.29, 1.82) is 0 Å². The van der Waals surface area contributed by atoms with Crippen molar-refractivity contribution in [3.8, 4) is 11.5 Å². The zero-order valence-corrected chi connectivity index (χ0v) is 20.4. The highest BCUT2D eigenvalue weighted by molar-refractivity contribution is 5.77. The van der Waals surface area contributed by atoms with Gasteiger partial charge in [-0.3, -0.25) is 4.79 Å². The molecule has 1 unspecified atom stereocenters. The molecule has 33 heavy (non-hydrogen) atoms. The Labute approximate surface area is 197 Å². The SMILES string of the molecule is CCC(C)[C@@H](c1cccc(OCC2CCC(c3cc(OC)ccc3F)CC2)c1)[C@H](C)C(N)=O. The minimum Gasteiger partial charge on any atom is -0.497 e. The van der Waals surface area contributed by atoms with Crippen LogP contribution in [0.5, 0.6) is 11.5 Å². The van der Waals surface area contributed by atoms with Crippen molar-refractivity contribution in [3.05, 3.63) is 59.4 Å². The lowest BCUT2D eigenvalue weighted by atomic mass is 9.77. The molecule has 0 saturated heterocycles. The number of carbonyl (C=O) groups is 1. The van der Waals surface area contributed by atoms with Crippen LogP contribution in [0, 0.1) is 23.6 Å². The number of hydrogen-bond acceptors (Lipinski definition) is 3. The molecule has 5 heteroatoms. The number of ether oxygens (including phenoxy) is 2. The van der Waals surface area contributed by atoms with Crippen LogP contribution in [0.15, 0.2) is 42.5 Å². The minimum atomic E-state index is -0.268. The number of primary amides is 1. The monoisotopic (exact) mass is 455 g/mol. The van der Waals surface area contributed by atoms with E-state index in [9.17, 15) is 9.18 Å². The molecular formula is C28H38FNO3. The normalized spacial score (nSPS) is 21.1. The summed E-state index contributed by atoms with van der Waals surface area (Å²) < 4.78 is 25.8. The summed E-state index contributed by atoms with van der Waals surface area (Å²) in [7, 11) is 1.61. The van der Waals surface area contributed by atoms with Gasteiger partial charge in [0.2, 0.25) is 5.91 Å². The molecule has 1 saturated carbocycles. The van der Waals surface area contributed by atoms with Gasteiger partial charge in [-0.15, -0.1) is 0 Å². The van der Waals surface area contributed by atoms with Gasteiger partial charge in [-0.2, -0.15) is 0 Å². The van der Waals surface area contributed by atoms with Crippen LogP contribution in [0.2, 0.25) is 0 Å². The molecule has 0 radical (unpaired) electrons. The average molecular weight is 456 g/mol. The fraction of sp³-hybridized carbons (Fsp3) is 0.536. The van der Waals surface area contributed by atoms with E-state index in [-0.39, 0.29) is 29.5 Å². The summed E-state index contributed by atoms with van der Waals surface area (Å²) in [6.45, 7) is 6.87. The van der Waals surface area contributed by atoms with E-state index >= 15 is 0 Å². The van der Waals surface area contributed by atoms with Crippen LogP contribution in [0.1, 0.15) is 75.8 Å². The molecule has 0 spiro atoms. The van der Waals surface area contributed by atoms with E-state index in [0.717, 1.165) is 49.0 Å². The molecule has 1 aliphatic carbocycles. The van der Waals surface area contributed by atoms with E-state index in [1.165, 1.54) is 6.07 Å². The molecule has 1 fully saturated rings. The maximum atomic E-state index is 14.3. The van der Waals surface area contributed by atoms with Crippen molar-refractivity contribution in [1.82, 2.24) is 0 Å². The molecule has 1 amide bonds. The number of carbonyl (C=O) groups excluding carboxylic acids is 1. The molecule has 2 aromatic carbocycles. The average Bonchev–Trinajstić information content (AvgIpc) is 2.83. The van der Waals surface area contributed by atoms with Crippen LogP contribution in [0.4, 0.5) is 4.39 Å². The predicted molar refractivity (Wildman–Crippen MR) is 130 cm³/mol. The maximum absolute atomic E-state index is 14.3. The van der Waals surface area contributed by atoms with Gasteiger partial charge >= 0.3 is 0 Å². The van der Waals surface area contributed by atoms with Crippen molar-refractivity contribution in [2.75, 3.05) is 13.7 Å². The Morgan fingerprint density at radius 1 is 1.09 bits per heavy atom. The second-order valence-electron chi connectivity index (χ2n) is 9.59. The van der Waals surface area contributed by atoms with Crippen LogP contribution >= 0.6 is 0 Å². The Bertz CT molecular complexity index is 923. The number of hydrogen-bond donors (Lipinski definition) is 1. The zero-order valence-electron chi connectivity index (χ0n) is 20.4. The first-order chi connectivity index (χ1) is 15.8. The Morgan fingerprint density at radius 3 is 2.45 bits per heavy atom. The number of nitrogens with two attached hydrogens (primary N) is 1. The van der Waals surface area contributed by atoms with Gasteiger partial charge in [0, 0.05) is 5.92 Å². The molecule has 0 aliphatic heterocycles. The number of halogens is 1. The molecule has 0 bridgehead atoms. The van der Waals surface area contributed by atoms with E-state index in [4.69, 9.17) is 15.2 Å². The first-order valence-electron chi connectivity index (χ1n) is 12.2. The zero-order chi connectivity index (χ0) is 24.0. The van der Waals surface area contributed by atoms with Crippen molar-refractivity contribution >= 4 is 5.91 Å². The summed E-state index contributed by atoms with van der Waals surface area (Å²) in [5.74, 6) is 1.99. The van der Waals surface area contributed by atoms with Gasteiger partial charge < -0.3 is 15.2 Å². The molecule has 3 atom stereocenters. The van der Waals surface area contributed by atoms with Crippen molar-refractivity contribution < 1.29 is 18.7 Å². The first kappa shape index (κ1) is 25.1. The number of benzene rings is 2. The highest BCUT2D eigenvalue weighted by Gasteiger charge is 2.29. The van der Waals surface area contributed by atoms with E-state index in [0.29, 0.717) is 24.2 Å². The summed E-state index contributed by atoms with van der Waals surface area (Å²) >= 11 is 0. The quantitative estimate of drug-likeness (QED) is 0.448. The number of methoxy groups -OCH3 is 1. The molecule has 2 N–H and O–H groups in total. The molecule has 2 aromatic rings. The fourth-order valence-corrected chi connectivity index (χ4v) is 5.17. The molecule has 4 nitrogen and oxygen atoms in total. The predicted octanol–water partition coefficient (Wildman–Crippen LogP) is 6.44. The van der Waals surface area contributed by atoms with Crippen LogP contribution < -0.4 is 15.2 Å². The number of amides is 1. The van der Waals surface area contributed by atoms with E-state index in [2.05, 4.69) is 26.0 Å². The Morgan fingerprint density at radius 2 is 1.82 bits per heavy atom. The second kappa shape index (κ2) is 11.5. The molecule has 1 aliphatic rings. The van der Waals surface area contributed by atoms with E-state index < -0.39 is 0 Å². The fourth-order valence-electron chi connectivity index (χ4n) is 5.17. The first-order valence-corrected chi connectivity index (χ1v) is 12.2. The van der Waals surface area contributed by atoms with Crippen molar-refractivity contribution in [3.63, 3.8) is 0 Å². The van der Waals surface area contributed by atoms with Gasteiger partial charge in [-0.05, 0) is 90.8 Å². The molecule has 3 rings (SSSR count). The highest BCUT2D eigenvalue weighted by atomic mass is 19.1. The van der Waals surface area contributed by atoms with Crippen LogP contribution in [0.25, 0.3) is 0 Å². The smallest absolute Gasteiger partial charge is 0.220 e. The molecule has 0 heterocycles. The van der Waals surface area contributed by atoms with E-state index in [1.807, 2.05) is 25.1 Å². The van der Waals surface area contributed by atoms with Crippen molar-refractivity contribution in [2.24, 2.45) is 23.5 Å². The summed E-state index contributed by atoms with van der Waals surface area (Å²) in [4.78, 5) is 11.9. The lowest BCUT2D eigenvalue weighted by Crippen LogP contribution is -2.29. The van der Waals surface area contributed by atoms with Gasteiger partial charge in [-0.1, -0.05) is 39.3 Å². The largest absolute Gasteiger partial charge is 0.497 e. The molecular weight excluding hydrogens is 417 g/mol. The lowest BCUT2D eigenvalue weighted by molar-refractivity contribution is -0.122. The maximum Gasteiger partial charge on any atom is 0.220 e. The van der Waals surface area contributed by atoms with Crippen molar-refractivity contribution in [2.45, 2.75) is 64.7 Å². The second-order valence-corrected chi connectivity index (χ2v) is 9.59. The van der Waals surface area contributed by atoms with Gasteiger partial charge in [0.25, 0.3) is 0 Å². The molecule has 180 valence electrons. The third kappa shape index (κ3) is 6.27.